The van der Waals surface area contributed by atoms with Crippen molar-refractivity contribution in [3.63, 3.8) is 0 Å². The van der Waals surface area contributed by atoms with Gasteiger partial charge in [0.05, 0.1) is 48.9 Å². The molecule has 0 saturated carbocycles. The highest BCUT2D eigenvalue weighted by molar-refractivity contribution is 5.91. The predicted octanol–water partition coefficient (Wildman–Crippen LogP) is 7.84. The quantitative estimate of drug-likeness (QED) is 0.0447. The second-order valence-electron chi connectivity index (χ2n) is 11.7. The Hall–Kier alpha value is -6.51. The second kappa shape index (κ2) is 22.4. The molecular weight excluding hydrogens is 690 g/mol. The van der Waals surface area contributed by atoms with Crippen LogP contribution in [0.2, 0.25) is 0 Å². The first kappa shape index (κ1) is 40.3. The largest absolute Gasteiger partial charge is 0.462 e. The van der Waals surface area contributed by atoms with Crippen LogP contribution in [0.3, 0.4) is 0 Å². The Kier molecular flexibility index (Phi) is 16.7. The molecule has 0 aliphatic heterocycles. The molecule has 0 atom stereocenters. The molecule has 0 spiro atoms. The van der Waals surface area contributed by atoms with E-state index in [9.17, 15) is 14.4 Å². The third-order valence-corrected chi connectivity index (χ3v) is 7.37. The van der Waals surface area contributed by atoms with Crippen molar-refractivity contribution in [1.29, 1.82) is 0 Å². The molecule has 3 aromatic carbocycles. The summed E-state index contributed by atoms with van der Waals surface area (Å²) in [6.45, 7) is 7.23. The Morgan fingerprint density at radius 1 is 0.481 bits per heavy atom. The summed E-state index contributed by atoms with van der Waals surface area (Å²) in [5.41, 5.74) is 3.23. The van der Waals surface area contributed by atoms with E-state index in [0.717, 1.165) is 38.5 Å². The number of nitrogens with one attached hydrogen (secondary N) is 3. The van der Waals surface area contributed by atoms with Crippen molar-refractivity contribution in [3.8, 4) is 0 Å². The standard InChI is InChI=1S/C36H42N6O6.C3H3N3/c1-4-7-22-46-31(43)25-10-16-28(17-11-25)37-34-40-35(38-29-18-12-26(13-19-29)32(44)47-23-8-5-2)42-36(41-34)39-30-20-14-27(15-21-30)33(45)48-24-9-6-3;1-2-4-6-5-3-1/h10-21H,4-9,22-24H2,1-3H3,(H3,37,38,39,40,41,42);1-3H. The molecule has 0 aliphatic rings. The van der Waals surface area contributed by atoms with Gasteiger partial charge in [-0.3, -0.25) is 0 Å². The number of esters is 3. The summed E-state index contributed by atoms with van der Waals surface area (Å²) in [6.07, 6.45) is 8.39. The zero-order valence-corrected chi connectivity index (χ0v) is 30.7. The number of hydrogen-bond donors (Lipinski definition) is 3. The van der Waals surface area contributed by atoms with Gasteiger partial charge >= 0.3 is 17.9 Å². The Morgan fingerprint density at radius 2 is 0.778 bits per heavy atom. The average molecular weight is 736 g/mol. The molecule has 5 aromatic rings. The van der Waals surface area contributed by atoms with Gasteiger partial charge in [0.25, 0.3) is 0 Å². The average Bonchev–Trinajstić information content (AvgIpc) is 3.20. The number of hydrogen-bond acceptors (Lipinski definition) is 15. The summed E-state index contributed by atoms with van der Waals surface area (Å²) in [4.78, 5) is 50.5. The van der Waals surface area contributed by atoms with Crippen LogP contribution in [0.4, 0.5) is 34.9 Å². The topological polar surface area (TPSA) is 192 Å². The molecular formula is C39H45N9O6. The third kappa shape index (κ3) is 13.9. The van der Waals surface area contributed by atoms with Crippen molar-refractivity contribution in [1.82, 2.24) is 30.4 Å². The maximum absolute atomic E-state index is 12.3. The fraction of sp³-hybridized carbons (Fsp3) is 0.308. The van der Waals surface area contributed by atoms with Crippen LogP contribution in [0.15, 0.2) is 91.3 Å². The lowest BCUT2D eigenvalue weighted by atomic mass is 10.2. The molecule has 54 heavy (non-hydrogen) atoms. The number of benzene rings is 3. The van der Waals surface area contributed by atoms with Crippen LogP contribution in [0, 0.1) is 0 Å². The molecule has 282 valence electrons. The van der Waals surface area contributed by atoms with Gasteiger partial charge in [0, 0.05) is 17.1 Å². The highest BCUT2D eigenvalue weighted by Crippen LogP contribution is 2.22. The smallest absolute Gasteiger partial charge is 0.338 e. The number of nitrogens with zero attached hydrogens (tertiary/aromatic N) is 6. The van der Waals surface area contributed by atoms with E-state index in [1.54, 1.807) is 91.3 Å². The van der Waals surface area contributed by atoms with E-state index in [2.05, 4.69) is 46.3 Å². The number of ether oxygens (including phenoxy) is 3. The monoisotopic (exact) mass is 735 g/mol. The SMILES string of the molecule is CCCCOC(=O)c1ccc(Nc2nc(Nc3ccc(C(=O)OCCCC)cc3)nc(Nc3ccc(C(=O)OCCCC)cc3)n2)cc1.c1cnnnc1. The van der Waals surface area contributed by atoms with Crippen molar-refractivity contribution in [2.75, 3.05) is 35.8 Å². The first-order valence-corrected chi connectivity index (χ1v) is 17.9. The number of anilines is 6. The summed E-state index contributed by atoms with van der Waals surface area (Å²) in [5, 5.41) is 19.6. The molecule has 2 aromatic heterocycles. The van der Waals surface area contributed by atoms with Crippen molar-refractivity contribution in [3.05, 3.63) is 108 Å². The van der Waals surface area contributed by atoms with Gasteiger partial charge in [0.1, 0.15) is 0 Å². The molecule has 0 unspecified atom stereocenters. The lowest BCUT2D eigenvalue weighted by molar-refractivity contribution is 0.0490. The van der Waals surface area contributed by atoms with Crippen LogP contribution >= 0.6 is 0 Å². The lowest BCUT2D eigenvalue weighted by Crippen LogP contribution is -2.09. The van der Waals surface area contributed by atoms with Crippen LogP contribution in [-0.4, -0.2) is 68.1 Å². The maximum Gasteiger partial charge on any atom is 0.338 e. The molecule has 2 heterocycles. The van der Waals surface area contributed by atoms with Crippen molar-refractivity contribution in [2.45, 2.75) is 59.3 Å². The summed E-state index contributed by atoms with van der Waals surface area (Å²) in [6, 6.07) is 22.1. The van der Waals surface area contributed by atoms with E-state index in [0.29, 0.717) is 53.6 Å². The van der Waals surface area contributed by atoms with E-state index in [1.165, 1.54) is 0 Å². The van der Waals surface area contributed by atoms with Crippen LogP contribution < -0.4 is 16.0 Å². The second-order valence-corrected chi connectivity index (χ2v) is 11.7. The van der Waals surface area contributed by atoms with E-state index in [1.807, 2.05) is 20.8 Å². The predicted molar refractivity (Wildman–Crippen MR) is 204 cm³/mol. The molecule has 15 nitrogen and oxygen atoms in total. The molecule has 0 radical (unpaired) electrons. The Balaban J connectivity index is 0.000000983. The van der Waals surface area contributed by atoms with E-state index < -0.39 is 0 Å². The van der Waals surface area contributed by atoms with E-state index in [4.69, 9.17) is 14.2 Å². The lowest BCUT2D eigenvalue weighted by Gasteiger charge is -2.12. The molecule has 3 N–H and O–H groups in total. The summed E-state index contributed by atoms with van der Waals surface area (Å²) >= 11 is 0. The van der Waals surface area contributed by atoms with Gasteiger partial charge in [0.15, 0.2) is 0 Å². The first-order chi connectivity index (χ1) is 26.4. The molecule has 0 bridgehead atoms. The van der Waals surface area contributed by atoms with Gasteiger partial charge in [-0.1, -0.05) is 40.0 Å². The Bertz CT molecular complexity index is 1650. The normalized spacial score (nSPS) is 10.3. The van der Waals surface area contributed by atoms with Crippen molar-refractivity contribution >= 4 is 52.8 Å². The Labute approximate surface area is 314 Å². The summed E-state index contributed by atoms with van der Waals surface area (Å²) in [5.74, 6) is -0.475. The Morgan fingerprint density at radius 3 is 1.00 bits per heavy atom. The molecule has 0 amide bonds. The molecule has 5 rings (SSSR count). The fourth-order valence-corrected chi connectivity index (χ4v) is 4.38. The van der Waals surface area contributed by atoms with Gasteiger partial charge < -0.3 is 30.2 Å². The number of carbonyl (C=O) groups is 3. The van der Waals surface area contributed by atoms with Gasteiger partial charge in [-0.15, -0.1) is 10.2 Å². The van der Waals surface area contributed by atoms with Crippen LogP contribution in [0.1, 0.15) is 90.4 Å². The van der Waals surface area contributed by atoms with Crippen molar-refractivity contribution < 1.29 is 28.6 Å². The minimum atomic E-state index is -0.381. The van der Waals surface area contributed by atoms with Gasteiger partial charge in [0.2, 0.25) is 17.8 Å². The first-order valence-electron chi connectivity index (χ1n) is 17.9. The minimum Gasteiger partial charge on any atom is -0.462 e. The minimum absolute atomic E-state index is 0.223. The van der Waals surface area contributed by atoms with Crippen LogP contribution in [0.5, 0.6) is 0 Å². The van der Waals surface area contributed by atoms with Gasteiger partial charge in [-0.05, 0) is 103 Å². The number of rotatable bonds is 18. The number of carbonyl (C=O) groups excluding carboxylic acids is 3. The molecule has 0 fully saturated rings. The molecule has 15 heteroatoms. The summed E-state index contributed by atoms with van der Waals surface area (Å²) < 4.78 is 15.9. The number of unbranched alkanes of at least 4 members (excludes halogenated alkanes) is 3. The van der Waals surface area contributed by atoms with Gasteiger partial charge in [-0.2, -0.15) is 15.0 Å². The zero-order chi connectivity index (χ0) is 38.4. The number of aromatic nitrogens is 6. The highest BCUT2D eigenvalue weighted by Gasteiger charge is 2.13. The fourth-order valence-electron chi connectivity index (χ4n) is 4.38. The molecule has 0 saturated heterocycles. The highest BCUT2D eigenvalue weighted by atomic mass is 16.5. The zero-order valence-electron chi connectivity index (χ0n) is 30.7. The third-order valence-electron chi connectivity index (χ3n) is 7.37. The van der Waals surface area contributed by atoms with Gasteiger partial charge in [-0.25, -0.2) is 14.4 Å². The molecule has 0 aliphatic carbocycles. The van der Waals surface area contributed by atoms with Crippen LogP contribution in [-0.2, 0) is 14.2 Å². The van der Waals surface area contributed by atoms with E-state index >= 15 is 0 Å². The van der Waals surface area contributed by atoms with Crippen LogP contribution in [0.25, 0.3) is 0 Å². The summed E-state index contributed by atoms with van der Waals surface area (Å²) in [7, 11) is 0. The maximum atomic E-state index is 12.3. The van der Waals surface area contributed by atoms with Crippen molar-refractivity contribution in [2.24, 2.45) is 0 Å². The van der Waals surface area contributed by atoms with E-state index in [-0.39, 0.29) is 35.8 Å².